The molecule has 0 saturated carbocycles. The van der Waals surface area contributed by atoms with Crippen LogP contribution in [0.2, 0.25) is 0 Å². The monoisotopic (exact) mass is 599 g/mol. The van der Waals surface area contributed by atoms with Crippen molar-refractivity contribution < 1.29 is 23.9 Å². The SMILES string of the molecule is COC(=O)[C@H](Cc1ccc(OCCN(C(=O)c2cccnc2)c2ccccc2)cc1)Nc1ccccc1C(=O)c1ccccc1. The van der Waals surface area contributed by atoms with E-state index in [1.165, 1.54) is 7.11 Å². The summed E-state index contributed by atoms with van der Waals surface area (Å²) in [6.07, 6.45) is 3.50. The van der Waals surface area contributed by atoms with E-state index < -0.39 is 12.0 Å². The molecule has 0 bridgehead atoms. The molecule has 226 valence electrons. The largest absolute Gasteiger partial charge is 0.492 e. The molecular formula is C37H33N3O5. The number of ether oxygens (including phenoxy) is 2. The summed E-state index contributed by atoms with van der Waals surface area (Å²) in [6.45, 7) is 0.591. The van der Waals surface area contributed by atoms with Crippen molar-refractivity contribution in [1.29, 1.82) is 0 Å². The van der Waals surface area contributed by atoms with E-state index in [-0.39, 0.29) is 18.3 Å². The van der Waals surface area contributed by atoms with Gasteiger partial charge in [-0.3, -0.25) is 14.6 Å². The number of ketones is 1. The predicted octanol–water partition coefficient (Wildman–Crippen LogP) is 6.23. The molecule has 4 aromatic carbocycles. The number of nitrogens with one attached hydrogen (secondary N) is 1. The van der Waals surface area contributed by atoms with Crippen molar-refractivity contribution >= 4 is 29.0 Å². The number of hydrogen-bond donors (Lipinski definition) is 1. The third kappa shape index (κ3) is 8.00. The topological polar surface area (TPSA) is 97.8 Å². The molecule has 0 radical (unpaired) electrons. The third-order valence-corrected chi connectivity index (χ3v) is 7.19. The number of para-hydroxylation sites is 2. The lowest BCUT2D eigenvalue weighted by atomic mass is 10.00. The first kappa shape index (κ1) is 30.7. The van der Waals surface area contributed by atoms with Crippen LogP contribution in [-0.4, -0.2) is 48.9 Å². The summed E-state index contributed by atoms with van der Waals surface area (Å²) in [6, 6.07) is 35.7. The van der Waals surface area contributed by atoms with Gasteiger partial charge in [0.05, 0.1) is 19.2 Å². The highest BCUT2D eigenvalue weighted by Crippen LogP contribution is 2.23. The standard InChI is InChI=1S/C37H33N3O5/c1-44-37(43)34(39-33-17-9-8-16-32(33)35(41)28-11-4-2-5-12-28)25-27-18-20-31(21-19-27)45-24-23-40(30-14-6-3-7-15-30)36(42)29-13-10-22-38-26-29/h2-22,26,34,39H,23-25H2,1H3/t34-/m0/s1. The Hall–Kier alpha value is -5.76. The highest BCUT2D eigenvalue weighted by molar-refractivity contribution is 6.12. The number of carbonyl (C=O) groups excluding carboxylic acids is 3. The maximum atomic E-state index is 13.2. The van der Waals surface area contributed by atoms with Crippen LogP contribution in [0, 0.1) is 0 Å². The van der Waals surface area contributed by atoms with Gasteiger partial charge in [0.2, 0.25) is 0 Å². The Balaban J connectivity index is 1.24. The molecule has 1 atom stereocenters. The summed E-state index contributed by atoms with van der Waals surface area (Å²) >= 11 is 0. The van der Waals surface area contributed by atoms with E-state index in [9.17, 15) is 14.4 Å². The highest BCUT2D eigenvalue weighted by atomic mass is 16.5. The minimum Gasteiger partial charge on any atom is -0.492 e. The van der Waals surface area contributed by atoms with Gasteiger partial charge in [-0.1, -0.05) is 72.8 Å². The summed E-state index contributed by atoms with van der Waals surface area (Å²) in [4.78, 5) is 45.0. The predicted molar refractivity (Wildman–Crippen MR) is 174 cm³/mol. The molecule has 5 rings (SSSR count). The van der Waals surface area contributed by atoms with E-state index in [0.29, 0.717) is 41.1 Å². The number of amides is 1. The molecule has 1 N–H and O–H groups in total. The van der Waals surface area contributed by atoms with Crippen LogP contribution in [0.15, 0.2) is 134 Å². The van der Waals surface area contributed by atoms with Gasteiger partial charge in [0.1, 0.15) is 18.4 Å². The van der Waals surface area contributed by atoms with Gasteiger partial charge in [-0.05, 0) is 54.1 Å². The average molecular weight is 600 g/mol. The molecule has 0 aliphatic rings. The lowest BCUT2D eigenvalue weighted by Crippen LogP contribution is -2.34. The first-order chi connectivity index (χ1) is 22.0. The average Bonchev–Trinajstić information content (AvgIpc) is 3.11. The zero-order chi connectivity index (χ0) is 31.4. The van der Waals surface area contributed by atoms with E-state index in [1.807, 2.05) is 78.9 Å². The molecule has 1 amide bonds. The fraction of sp³-hybridized carbons (Fsp3) is 0.135. The minimum atomic E-state index is -0.732. The zero-order valence-electron chi connectivity index (χ0n) is 24.8. The second kappa shape index (κ2) is 15.1. The Morgan fingerprint density at radius 2 is 1.44 bits per heavy atom. The fourth-order valence-electron chi connectivity index (χ4n) is 4.89. The van der Waals surface area contributed by atoms with E-state index in [2.05, 4.69) is 10.3 Å². The summed E-state index contributed by atoms with van der Waals surface area (Å²) in [7, 11) is 1.34. The van der Waals surface area contributed by atoms with Gasteiger partial charge in [0.25, 0.3) is 5.91 Å². The number of benzene rings is 4. The maximum Gasteiger partial charge on any atom is 0.328 e. The van der Waals surface area contributed by atoms with E-state index in [1.54, 1.807) is 59.8 Å². The van der Waals surface area contributed by atoms with Crippen molar-refractivity contribution in [3.05, 3.63) is 156 Å². The van der Waals surface area contributed by atoms with Crippen molar-refractivity contribution in [2.45, 2.75) is 12.5 Å². The van der Waals surface area contributed by atoms with Crippen LogP contribution in [0.4, 0.5) is 11.4 Å². The van der Waals surface area contributed by atoms with Crippen LogP contribution < -0.4 is 15.0 Å². The third-order valence-electron chi connectivity index (χ3n) is 7.19. The van der Waals surface area contributed by atoms with Crippen molar-refractivity contribution in [1.82, 2.24) is 4.98 Å². The molecular weight excluding hydrogens is 566 g/mol. The molecule has 0 spiro atoms. The van der Waals surface area contributed by atoms with Gasteiger partial charge in [-0.2, -0.15) is 0 Å². The molecule has 8 nitrogen and oxygen atoms in total. The molecule has 0 fully saturated rings. The number of methoxy groups -OCH3 is 1. The second-order valence-corrected chi connectivity index (χ2v) is 10.2. The lowest BCUT2D eigenvalue weighted by Gasteiger charge is -2.23. The van der Waals surface area contributed by atoms with Gasteiger partial charge in [0.15, 0.2) is 5.78 Å². The Kier molecular flexibility index (Phi) is 10.3. The fourth-order valence-corrected chi connectivity index (χ4v) is 4.89. The molecule has 45 heavy (non-hydrogen) atoms. The number of rotatable bonds is 13. The van der Waals surface area contributed by atoms with Crippen LogP contribution in [0.5, 0.6) is 5.75 Å². The van der Waals surface area contributed by atoms with E-state index in [4.69, 9.17) is 9.47 Å². The first-order valence-corrected chi connectivity index (χ1v) is 14.6. The summed E-state index contributed by atoms with van der Waals surface area (Å²) < 4.78 is 11.1. The van der Waals surface area contributed by atoms with Crippen LogP contribution in [0.25, 0.3) is 0 Å². The highest BCUT2D eigenvalue weighted by Gasteiger charge is 2.23. The van der Waals surface area contributed by atoms with Crippen molar-refractivity contribution in [3.63, 3.8) is 0 Å². The molecule has 0 unspecified atom stereocenters. The molecule has 1 aromatic heterocycles. The first-order valence-electron chi connectivity index (χ1n) is 14.6. The quantitative estimate of drug-likeness (QED) is 0.127. The Labute approximate surface area is 262 Å². The maximum absolute atomic E-state index is 13.2. The molecule has 0 aliphatic heterocycles. The number of anilines is 2. The van der Waals surface area contributed by atoms with Gasteiger partial charge in [-0.15, -0.1) is 0 Å². The summed E-state index contributed by atoms with van der Waals surface area (Å²) in [5.41, 5.74) is 3.70. The van der Waals surface area contributed by atoms with Gasteiger partial charge < -0.3 is 19.7 Å². The van der Waals surface area contributed by atoms with E-state index in [0.717, 1.165) is 11.3 Å². The summed E-state index contributed by atoms with van der Waals surface area (Å²) in [5.74, 6) is -0.128. The number of esters is 1. The molecule has 1 heterocycles. The smallest absolute Gasteiger partial charge is 0.328 e. The zero-order valence-corrected chi connectivity index (χ0v) is 24.8. The lowest BCUT2D eigenvalue weighted by molar-refractivity contribution is -0.141. The number of pyridine rings is 1. The van der Waals surface area contributed by atoms with Crippen molar-refractivity contribution in [2.75, 3.05) is 30.5 Å². The molecule has 0 saturated heterocycles. The van der Waals surface area contributed by atoms with Gasteiger partial charge >= 0.3 is 5.97 Å². The Bertz CT molecular complexity index is 1710. The Morgan fingerprint density at radius 3 is 2.13 bits per heavy atom. The number of aromatic nitrogens is 1. The minimum absolute atomic E-state index is 0.142. The van der Waals surface area contributed by atoms with Gasteiger partial charge in [0, 0.05) is 41.3 Å². The number of carbonyl (C=O) groups is 3. The van der Waals surface area contributed by atoms with Crippen molar-refractivity contribution in [3.8, 4) is 5.75 Å². The number of nitrogens with zero attached hydrogens (tertiary/aromatic N) is 2. The van der Waals surface area contributed by atoms with Crippen LogP contribution in [0.3, 0.4) is 0 Å². The molecule has 5 aromatic rings. The molecule has 8 heteroatoms. The van der Waals surface area contributed by atoms with Crippen LogP contribution in [0.1, 0.15) is 31.8 Å². The number of hydrogen-bond acceptors (Lipinski definition) is 7. The molecule has 0 aliphatic carbocycles. The normalized spacial score (nSPS) is 11.2. The van der Waals surface area contributed by atoms with Crippen LogP contribution >= 0.6 is 0 Å². The van der Waals surface area contributed by atoms with Crippen molar-refractivity contribution in [2.24, 2.45) is 0 Å². The van der Waals surface area contributed by atoms with E-state index >= 15 is 0 Å². The Morgan fingerprint density at radius 1 is 0.778 bits per heavy atom. The second-order valence-electron chi connectivity index (χ2n) is 10.2. The van der Waals surface area contributed by atoms with Gasteiger partial charge in [-0.25, -0.2) is 4.79 Å². The van der Waals surface area contributed by atoms with Crippen LogP contribution in [-0.2, 0) is 16.0 Å². The summed E-state index contributed by atoms with van der Waals surface area (Å²) in [5, 5.41) is 3.23.